The molecular formula is C9H19NO2S. The molecule has 13 heavy (non-hydrogen) atoms. The summed E-state index contributed by atoms with van der Waals surface area (Å²) in [5.74, 6) is 1.39. The predicted molar refractivity (Wildman–Crippen MR) is 56.9 cm³/mol. The summed E-state index contributed by atoms with van der Waals surface area (Å²) < 4.78 is 0. The molecule has 1 amide bonds. The summed E-state index contributed by atoms with van der Waals surface area (Å²) in [6.45, 7) is 6.09. The summed E-state index contributed by atoms with van der Waals surface area (Å²) in [6, 6.07) is 0. The largest absolute Gasteiger partial charge is 0.396 e. The summed E-state index contributed by atoms with van der Waals surface area (Å²) >= 11 is 1.55. The molecule has 0 saturated heterocycles. The van der Waals surface area contributed by atoms with E-state index < -0.39 is 0 Å². The number of thioether (sulfide) groups is 1. The standard InChI is InChI=1S/C9H19NO2S/c1-9(2,3)10-8(12)7-13-6-4-5-11/h11H,4-7H2,1-3H3,(H,10,12). The molecule has 0 aromatic rings. The number of carbonyl (C=O) groups excluding carboxylic acids is 1. The van der Waals surface area contributed by atoms with Gasteiger partial charge in [0.05, 0.1) is 5.75 Å². The van der Waals surface area contributed by atoms with Gasteiger partial charge in [0.1, 0.15) is 0 Å². The minimum atomic E-state index is -0.144. The smallest absolute Gasteiger partial charge is 0.230 e. The van der Waals surface area contributed by atoms with E-state index in [1.54, 1.807) is 11.8 Å². The van der Waals surface area contributed by atoms with E-state index >= 15 is 0 Å². The molecule has 3 nitrogen and oxygen atoms in total. The second-order valence-electron chi connectivity index (χ2n) is 3.93. The highest BCUT2D eigenvalue weighted by atomic mass is 32.2. The van der Waals surface area contributed by atoms with Crippen molar-refractivity contribution in [3.05, 3.63) is 0 Å². The molecule has 0 aliphatic heterocycles. The molecule has 78 valence electrons. The normalized spacial score (nSPS) is 11.4. The molecule has 2 N–H and O–H groups in total. The Hall–Kier alpha value is -0.220. The molecule has 0 bridgehead atoms. The van der Waals surface area contributed by atoms with E-state index in [9.17, 15) is 4.79 Å². The Balaban J connectivity index is 3.41. The van der Waals surface area contributed by atoms with E-state index in [0.29, 0.717) is 5.75 Å². The zero-order valence-corrected chi connectivity index (χ0v) is 9.41. The summed E-state index contributed by atoms with van der Waals surface area (Å²) in [5.41, 5.74) is -0.144. The number of aliphatic hydroxyl groups is 1. The minimum absolute atomic E-state index is 0.0652. The number of hydrogen-bond acceptors (Lipinski definition) is 3. The van der Waals surface area contributed by atoms with Gasteiger partial charge in [-0.05, 0) is 32.9 Å². The number of rotatable bonds is 5. The van der Waals surface area contributed by atoms with Crippen LogP contribution in [0.1, 0.15) is 27.2 Å². The van der Waals surface area contributed by atoms with Crippen molar-refractivity contribution in [1.29, 1.82) is 0 Å². The number of nitrogens with one attached hydrogen (secondary N) is 1. The molecule has 0 aliphatic carbocycles. The van der Waals surface area contributed by atoms with Crippen molar-refractivity contribution < 1.29 is 9.90 Å². The molecule has 0 unspecified atom stereocenters. The van der Waals surface area contributed by atoms with E-state index in [-0.39, 0.29) is 18.1 Å². The van der Waals surface area contributed by atoms with Gasteiger partial charge in [-0.25, -0.2) is 0 Å². The summed E-state index contributed by atoms with van der Waals surface area (Å²) in [4.78, 5) is 11.2. The molecule has 0 saturated carbocycles. The van der Waals surface area contributed by atoms with Gasteiger partial charge >= 0.3 is 0 Å². The average Bonchev–Trinajstić information content (AvgIpc) is 1.94. The van der Waals surface area contributed by atoms with Gasteiger partial charge in [-0.15, -0.1) is 0 Å². The molecule has 0 spiro atoms. The summed E-state index contributed by atoms with van der Waals surface area (Å²) in [7, 11) is 0. The summed E-state index contributed by atoms with van der Waals surface area (Å²) in [5, 5.41) is 11.4. The van der Waals surface area contributed by atoms with E-state index in [1.807, 2.05) is 20.8 Å². The molecular weight excluding hydrogens is 186 g/mol. The van der Waals surface area contributed by atoms with Crippen LogP contribution in [0.5, 0.6) is 0 Å². The fraction of sp³-hybridized carbons (Fsp3) is 0.889. The molecule has 0 heterocycles. The maximum absolute atomic E-state index is 11.2. The van der Waals surface area contributed by atoms with Gasteiger partial charge in [-0.2, -0.15) is 11.8 Å². The van der Waals surface area contributed by atoms with Gasteiger partial charge in [-0.1, -0.05) is 0 Å². The van der Waals surface area contributed by atoms with Crippen molar-refractivity contribution in [3.63, 3.8) is 0 Å². The first kappa shape index (κ1) is 12.8. The highest BCUT2D eigenvalue weighted by Gasteiger charge is 2.12. The van der Waals surface area contributed by atoms with E-state index in [2.05, 4.69) is 5.32 Å². The van der Waals surface area contributed by atoms with Crippen molar-refractivity contribution in [3.8, 4) is 0 Å². The van der Waals surface area contributed by atoms with Crippen molar-refractivity contribution in [2.75, 3.05) is 18.1 Å². The second kappa shape index (κ2) is 6.27. The van der Waals surface area contributed by atoms with E-state index in [4.69, 9.17) is 5.11 Å². The third-order valence-electron chi connectivity index (χ3n) is 1.19. The van der Waals surface area contributed by atoms with Gasteiger partial charge in [0.15, 0.2) is 0 Å². The monoisotopic (exact) mass is 205 g/mol. The van der Waals surface area contributed by atoms with Crippen LogP contribution < -0.4 is 5.32 Å². The molecule has 0 aromatic carbocycles. The Kier molecular flexibility index (Phi) is 6.16. The van der Waals surface area contributed by atoms with Crippen LogP contribution >= 0.6 is 11.8 Å². The van der Waals surface area contributed by atoms with Crippen LogP contribution in [0, 0.1) is 0 Å². The van der Waals surface area contributed by atoms with Crippen LogP contribution in [0.25, 0.3) is 0 Å². The van der Waals surface area contributed by atoms with Crippen LogP contribution in [0.2, 0.25) is 0 Å². The minimum Gasteiger partial charge on any atom is -0.396 e. The first-order valence-electron chi connectivity index (χ1n) is 4.45. The van der Waals surface area contributed by atoms with Gasteiger partial charge in [0.25, 0.3) is 0 Å². The van der Waals surface area contributed by atoms with Crippen molar-refractivity contribution in [2.45, 2.75) is 32.7 Å². The molecule has 0 atom stereocenters. The lowest BCUT2D eigenvalue weighted by Gasteiger charge is -2.20. The molecule has 0 fully saturated rings. The second-order valence-corrected chi connectivity index (χ2v) is 5.03. The Morgan fingerprint density at radius 2 is 2.08 bits per heavy atom. The fourth-order valence-corrected chi connectivity index (χ4v) is 1.52. The predicted octanol–water partition coefficient (Wildman–Crippen LogP) is 1.02. The first-order chi connectivity index (χ1) is 5.95. The highest BCUT2D eigenvalue weighted by molar-refractivity contribution is 7.99. The van der Waals surface area contributed by atoms with Crippen LogP contribution in [-0.2, 0) is 4.79 Å². The lowest BCUT2D eigenvalue weighted by Crippen LogP contribution is -2.41. The van der Waals surface area contributed by atoms with Crippen LogP contribution in [-0.4, -0.2) is 34.7 Å². The lowest BCUT2D eigenvalue weighted by atomic mass is 10.1. The van der Waals surface area contributed by atoms with Crippen molar-refractivity contribution in [1.82, 2.24) is 5.32 Å². The SMILES string of the molecule is CC(C)(C)NC(=O)CSCCCO. The van der Waals surface area contributed by atoms with E-state index in [1.165, 1.54) is 0 Å². The Bertz CT molecular complexity index is 154. The molecule has 0 aromatic heterocycles. The number of hydrogen-bond donors (Lipinski definition) is 2. The Labute approximate surface area is 84.3 Å². The highest BCUT2D eigenvalue weighted by Crippen LogP contribution is 2.04. The van der Waals surface area contributed by atoms with Crippen LogP contribution in [0.15, 0.2) is 0 Å². The molecule has 0 radical (unpaired) electrons. The quantitative estimate of drug-likeness (QED) is 0.659. The number of carbonyl (C=O) groups is 1. The molecule has 0 aliphatic rings. The Morgan fingerprint density at radius 1 is 1.46 bits per heavy atom. The average molecular weight is 205 g/mol. The zero-order chi connectivity index (χ0) is 10.3. The number of amides is 1. The topological polar surface area (TPSA) is 49.3 Å². The third kappa shape index (κ3) is 9.70. The maximum atomic E-state index is 11.2. The lowest BCUT2D eigenvalue weighted by molar-refractivity contribution is -0.119. The number of aliphatic hydroxyl groups excluding tert-OH is 1. The fourth-order valence-electron chi connectivity index (χ4n) is 0.786. The zero-order valence-electron chi connectivity index (χ0n) is 8.59. The molecule has 0 rings (SSSR count). The van der Waals surface area contributed by atoms with Crippen molar-refractivity contribution in [2.24, 2.45) is 0 Å². The Morgan fingerprint density at radius 3 is 2.54 bits per heavy atom. The molecule has 4 heteroatoms. The van der Waals surface area contributed by atoms with Crippen LogP contribution in [0.4, 0.5) is 0 Å². The van der Waals surface area contributed by atoms with Gasteiger partial charge in [0, 0.05) is 12.1 Å². The third-order valence-corrected chi connectivity index (χ3v) is 2.24. The van der Waals surface area contributed by atoms with Crippen LogP contribution in [0.3, 0.4) is 0 Å². The maximum Gasteiger partial charge on any atom is 0.230 e. The van der Waals surface area contributed by atoms with E-state index in [0.717, 1.165) is 12.2 Å². The van der Waals surface area contributed by atoms with Gasteiger partial charge in [-0.3, -0.25) is 4.79 Å². The van der Waals surface area contributed by atoms with Gasteiger partial charge < -0.3 is 10.4 Å². The first-order valence-corrected chi connectivity index (χ1v) is 5.61. The summed E-state index contributed by atoms with van der Waals surface area (Å²) in [6.07, 6.45) is 0.757. The van der Waals surface area contributed by atoms with Gasteiger partial charge in [0.2, 0.25) is 5.91 Å². The van der Waals surface area contributed by atoms with Crippen molar-refractivity contribution >= 4 is 17.7 Å².